The highest BCUT2D eigenvalue weighted by molar-refractivity contribution is 6.20. The van der Waals surface area contributed by atoms with E-state index in [-0.39, 0.29) is 5.38 Å². The standard InChI is InChI=1S/C15H26ClN5/c1-7-20(8-2)9-10(3)21-14(11(4)16)17-13-12(5)18-19(6)15(13)21/h10-11H,7-9H2,1-6H3. The van der Waals surface area contributed by atoms with E-state index in [9.17, 15) is 0 Å². The Bertz CT molecular complexity index is 609. The first-order valence-electron chi connectivity index (χ1n) is 7.68. The molecule has 2 heterocycles. The van der Waals surface area contributed by atoms with Crippen LogP contribution in [-0.2, 0) is 7.05 Å². The van der Waals surface area contributed by atoms with Crippen LogP contribution in [0.1, 0.15) is 50.6 Å². The van der Waals surface area contributed by atoms with E-state index in [1.807, 2.05) is 25.6 Å². The lowest BCUT2D eigenvalue weighted by molar-refractivity contribution is 0.260. The quantitative estimate of drug-likeness (QED) is 0.769. The third kappa shape index (κ3) is 2.94. The van der Waals surface area contributed by atoms with Crippen molar-refractivity contribution in [3.05, 3.63) is 11.5 Å². The highest BCUT2D eigenvalue weighted by atomic mass is 35.5. The minimum absolute atomic E-state index is 0.115. The molecule has 0 aliphatic heterocycles. The molecule has 0 fully saturated rings. The normalized spacial score (nSPS) is 15.0. The number of imidazole rings is 1. The Morgan fingerprint density at radius 3 is 2.38 bits per heavy atom. The Kier molecular flexibility index (Phi) is 4.94. The third-order valence-electron chi connectivity index (χ3n) is 4.08. The molecule has 118 valence electrons. The molecule has 0 aliphatic carbocycles. The summed E-state index contributed by atoms with van der Waals surface area (Å²) in [6.07, 6.45) is 0. The zero-order valence-corrected chi connectivity index (χ0v) is 14.6. The second-order valence-electron chi connectivity index (χ2n) is 5.67. The van der Waals surface area contributed by atoms with E-state index in [1.54, 1.807) is 0 Å². The summed E-state index contributed by atoms with van der Waals surface area (Å²) < 4.78 is 4.17. The summed E-state index contributed by atoms with van der Waals surface area (Å²) in [5.41, 5.74) is 2.99. The number of rotatable bonds is 6. The van der Waals surface area contributed by atoms with Crippen LogP contribution in [0, 0.1) is 6.92 Å². The lowest BCUT2D eigenvalue weighted by atomic mass is 10.2. The number of aryl methyl sites for hydroxylation is 2. The summed E-state index contributed by atoms with van der Waals surface area (Å²) in [5, 5.41) is 4.37. The number of fused-ring (bicyclic) bond motifs is 1. The zero-order valence-electron chi connectivity index (χ0n) is 13.9. The molecule has 6 heteroatoms. The lowest BCUT2D eigenvalue weighted by Gasteiger charge is -2.25. The molecule has 2 rings (SSSR count). The van der Waals surface area contributed by atoms with Crippen molar-refractivity contribution in [2.24, 2.45) is 7.05 Å². The van der Waals surface area contributed by atoms with E-state index in [2.05, 4.69) is 35.3 Å². The monoisotopic (exact) mass is 311 g/mol. The summed E-state index contributed by atoms with van der Waals surface area (Å²) in [7, 11) is 1.97. The average molecular weight is 312 g/mol. The first-order chi connectivity index (χ1) is 9.90. The maximum absolute atomic E-state index is 6.36. The summed E-state index contributed by atoms with van der Waals surface area (Å²) >= 11 is 6.36. The van der Waals surface area contributed by atoms with Crippen LogP contribution in [0.15, 0.2) is 0 Å². The lowest BCUT2D eigenvalue weighted by Crippen LogP contribution is -2.30. The average Bonchev–Trinajstić information content (AvgIpc) is 2.95. The molecule has 0 bridgehead atoms. The van der Waals surface area contributed by atoms with Gasteiger partial charge in [-0.1, -0.05) is 13.8 Å². The molecule has 2 aromatic rings. The fourth-order valence-corrected chi connectivity index (χ4v) is 3.12. The highest BCUT2D eigenvalue weighted by Gasteiger charge is 2.24. The Morgan fingerprint density at radius 2 is 1.86 bits per heavy atom. The van der Waals surface area contributed by atoms with Crippen LogP contribution in [-0.4, -0.2) is 43.9 Å². The number of likely N-dealkylation sites (N-methyl/N-ethyl adjacent to an activating group) is 1. The SMILES string of the molecule is CCN(CC)CC(C)n1c(C(C)Cl)nc2c(C)nn(C)c21. The maximum Gasteiger partial charge on any atom is 0.159 e. The van der Waals surface area contributed by atoms with E-state index in [0.717, 1.165) is 42.3 Å². The first-order valence-corrected chi connectivity index (χ1v) is 8.12. The molecule has 2 unspecified atom stereocenters. The van der Waals surface area contributed by atoms with Gasteiger partial charge >= 0.3 is 0 Å². The Morgan fingerprint density at radius 1 is 1.24 bits per heavy atom. The fourth-order valence-electron chi connectivity index (χ4n) is 2.96. The molecule has 0 saturated carbocycles. The van der Waals surface area contributed by atoms with Gasteiger partial charge in [-0.15, -0.1) is 11.6 Å². The van der Waals surface area contributed by atoms with Crippen molar-refractivity contribution in [3.63, 3.8) is 0 Å². The second kappa shape index (κ2) is 6.36. The largest absolute Gasteiger partial charge is 0.308 e. The molecule has 2 aromatic heterocycles. The highest BCUT2D eigenvalue weighted by Crippen LogP contribution is 2.29. The van der Waals surface area contributed by atoms with Gasteiger partial charge in [-0.2, -0.15) is 5.10 Å². The van der Waals surface area contributed by atoms with E-state index in [4.69, 9.17) is 16.6 Å². The van der Waals surface area contributed by atoms with Crippen LogP contribution < -0.4 is 0 Å². The smallest absolute Gasteiger partial charge is 0.159 e. The molecule has 5 nitrogen and oxygen atoms in total. The van der Waals surface area contributed by atoms with Crippen LogP contribution in [0.3, 0.4) is 0 Å². The summed E-state index contributed by atoms with van der Waals surface area (Å²) in [4.78, 5) is 7.16. The van der Waals surface area contributed by atoms with Gasteiger partial charge in [0.2, 0.25) is 0 Å². The number of halogens is 1. The molecule has 2 atom stereocenters. The van der Waals surface area contributed by atoms with Gasteiger partial charge in [0, 0.05) is 19.6 Å². The molecule has 0 spiro atoms. The predicted molar refractivity (Wildman–Crippen MR) is 88.0 cm³/mol. The third-order valence-corrected chi connectivity index (χ3v) is 4.27. The summed E-state index contributed by atoms with van der Waals surface area (Å²) in [6, 6.07) is 0.306. The second-order valence-corrected chi connectivity index (χ2v) is 6.33. The van der Waals surface area contributed by atoms with Crippen molar-refractivity contribution in [2.75, 3.05) is 19.6 Å². The number of nitrogens with zero attached hydrogens (tertiary/aromatic N) is 5. The van der Waals surface area contributed by atoms with E-state index < -0.39 is 0 Å². The zero-order chi connectivity index (χ0) is 15.7. The number of alkyl halides is 1. The number of hydrogen-bond acceptors (Lipinski definition) is 3. The Balaban J connectivity index is 2.51. The number of aromatic nitrogens is 4. The van der Waals surface area contributed by atoms with Crippen molar-refractivity contribution in [1.82, 2.24) is 24.2 Å². The van der Waals surface area contributed by atoms with Gasteiger partial charge in [-0.05, 0) is 33.9 Å². The van der Waals surface area contributed by atoms with Crippen molar-refractivity contribution >= 4 is 22.8 Å². The fraction of sp³-hybridized carbons (Fsp3) is 0.733. The molecule has 0 radical (unpaired) electrons. The van der Waals surface area contributed by atoms with Gasteiger partial charge in [0.25, 0.3) is 0 Å². The van der Waals surface area contributed by atoms with E-state index in [0.29, 0.717) is 6.04 Å². The van der Waals surface area contributed by atoms with Crippen LogP contribution >= 0.6 is 11.6 Å². The van der Waals surface area contributed by atoms with Gasteiger partial charge in [0.15, 0.2) is 5.65 Å². The molecular weight excluding hydrogens is 286 g/mol. The van der Waals surface area contributed by atoms with Crippen LogP contribution in [0.4, 0.5) is 0 Å². The van der Waals surface area contributed by atoms with Gasteiger partial charge in [0.1, 0.15) is 11.3 Å². The van der Waals surface area contributed by atoms with Crippen LogP contribution in [0.2, 0.25) is 0 Å². The predicted octanol–water partition coefficient (Wildman–Crippen LogP) is 3.28. The van der Waals surface area contributed by atoms with Crippen LogP contribution in [0.5, 0.6) is 0 Å². The van der Waals surface area contributed by atoms with Gasteiger partial charge in [-0.25, -0.2) is 4.98 Å². The van der Waals surface area contributed by atoms with E-state index in [1.165, 1.54) is 0 Å². The van der Waals surface area contributed by atoms with Crippen LogP contribution in [0.25, 0.3) is 11.2 Å². The molecule has 21 heavy (non-hydrogen) atoms. The van der Waals surface area contributed by atoms with Crippen molar-refractivity contribution in [3.8, 4) is 0 Å². The molecule has 0 amide bonds. The minimum Gasteiger partial charge on any atom is -0.308 e. The van der Waals surface area contributed by atoms with Gasteiger partial charge in [0.05, 0.1) is 11.1 Å². The first kappa shape index (κ1) is 16.3. The summed E-state index contributed by atoms with van der Waals surface area (Å²) in [5.74, 6) is 0.933. The van der Waals surface area contributed by atoms with Crippen molar-refractivity contribution < 1.29 is 0 Å². The molecule has 0 N–H and O–H groups in total. The van der Waals surface area contributed by atoms with Gasteiger partial charge in [-0.3, -0.25) is 4.68 Å². The van der Waals surface area contributed by atoms with Gasteiger partial charge < -0.3 is 9.47 Å². The molecule has 0 saturated heterocycles. The number of hydrogen-bond donors (Lipinski definition) is 0. The van der Waals surface area contributed by atoms with Crippen molar-refractivity contribution in [2.45, 2.75) is 46.0 Å². The summed E-state index contributed by atoms with van der Waals surface area (Å²) in [6.45, 7) is 13.7. The Hall–Kier alpha value is -1.07. The molecule has 0 aliphatic rings. The maximum atomic E-state index is 6.36. The van der Waals surface area contributed by atoms with E-state index >= 15 is 0 Å². The topological polar surface area (TPSA) is 38.9 Å². The minimum atomic E-state index is -0.115. The molecule has 0 aromatic carbocycles. The Labute approximate surface area is 131 Å². The van der Waals surface area contributed by atoms with Crippen molar-refractivity contribution in [1.29, 1.82) is 0 Å². The molecular formula is C15H26ClN5.